The van der Waals surface area contributed by atoms with Crippen LogP contribution in [0.25, 0.3) is 0 Å². The highest BCUT2D eigenvalue weighted by atomic mass is 35.5. The second kappa shape index (κ2) is 10.6. The second-order valence-corrected chi connectivity index (χ2v) is 10.9. The number of nitrogens with zero attached hydrogens (tertiary/aromatic N) is 3. The molecule has 198 valence electrons. The van der Waals surface area contributed by atoms with Gasteiger partial charge in [0.15, 0.2) is 10.9 Å². The number of piperidine rings is 1. The topological polar surface area (TPSA) is 108 Å². The molecule has 3 aromatic rings. The number of nitrogens with one attached hydrogen (secondary N) is 1. The van der Waals surface area contributed by atoms with Crippen molar-refractivity contribution in [2.45, 2.75) is 45.1 Å². The Morgan fingerprint density at radius 3 is 2.76 bits per heavy atom. The third-order valence-electron chi connectivity index (χ3n) is 6.66. The molecule has 37 heavy (non-hydrogen) atoms. The molecule has 0 aliphatic carbocycles. The van der Waals surface area contributed by atoms with Gasteiger partial charge in [-0.1, -0.05) is 17.7 Å². The number of aliphatic hydroxyl groups is 2. The van der Waals surface area contributed by atoms with Gasteiger partial charge in [-0.2, -0.15) is 0 Å². The van der Waals surface area contributed by atoms with E-state index in [0.717, 1.165) is 4.88 Å². The lowest BCUT2D eigenvalue weighted by Gasteiger charge is -2.48. The first-order valence-electron chi connectivity index (χ1n) is 11.6. The van der Waals surface area contributed by atoms with Crippen molar-refractivity contribution in [1.29, 1.82) is 0 Å². The average molecular weight is 553 g/mol. The molecule has 12 heteroatoms. The zero-order valence-electron chi connectivity index (χ0n) is 20.5. The minimum atomic E-state index is -2.68. The number of aromatic nitrogens is 2. The number of aryl methyl sites for hydroxylation is 1. The van der Waals surface area contributed by atoms with Crippen LogP contribution in [-0.4, -0.2) is 50.7 Å². The van der Waals surface area contributed by atoms with Crippen molar-refractivity contribution in [3.8, 4) is 0 Å². The number of anilines is 2. The third kappa shape index (κ3) is 5.46. The number of esters is 1. The summed E-state index contributed by atoms with van der Waals surface area (Å²) in [6.07, 6.45) is 1.79. The zero-order chi connectivity index (χ0) is 27.0. The summed E-state index contributed by atoms with van der Waals surface area (Å²) in [5, 5.41) is 25.3. The SMILES string of the molecule is COC(=O)C1(Cc2nc(Nc3ncc(C)s3)ccc2F)CCN(C(O)(O)c2cccc(Cl)c2F)C(C)C1. The zero-order valence-corrected chi connectivity index (χ0v) is 22.0. The summed E-state index contributed by atoms with van der Waals surface area (Å²) in [7, 11) is 1.25. The Balaban J connectivity index is 1.60. The van der Waals surface area contributed by atoms with E-state index in [9.17, 15) is 23.8 Å². The maximum absolute atomic E-state index is 14.9. The third-order valence-corrected chi connectivity index (χ3v) is 7.78. The summed E-state index contributed by atoms with van der Waals surface area (Å²) in [5.74, 6) is -4.41. The fraction of sp³-hybridized carbons (Fsp3) is 0.400. The number of thiazole rings is 1. The maximum Gasteiger partial charge on any atom is 0.312 e. The highest BCUT2D eigenvalue weighted by molar-refractivity contribution is 7.15. The van der Waals surface area contributed by atoms with Crippen LogP contribution in [0.2, 0.25) is 5.02 Å². The molecule has 1 aliphatic heterocycles. The molecule has 3 heterocycles. The van der Waals surface area contributed by atoms with Crippen molar-refractivity contribution >= 4 is 39.9 Å². The summed E-state index contributed by atoms with van der Waals surface area (Å²) >= 11 is 7.26. The summed E-state index contributed by atoms with van der Waals surface area (Å²) in [5.41, 5.74) is -1.54. The van der Waals surface area contributed by atoms with Gasteiger partial charge in [-0.3, -0.25) is 4.79 Å². The van der Waals surface area contributed by atoms with Crippen LogP contribution in [0.1, 0.15) is 35.9 Å². The molecule has 0 radical (unpaired) electrons. The van der Waals surface area contributed by atoms with E-state index < -0.39 is 40.5 Å². The van der Waals surface area contributed by atoms with Crippen LogP contribution >= 0.6 is 22.9 Å². The van der Waals surface area contributed by atoms with Crippen LogP contribution in [0.3, 0.4) is 0 Å². The summed E-state index contributed by atoms with van der Waals surface area (Å²) in [4.78, 5) is 23.9. The van der Waals surface area contributed by atoms with Gasteiger partial charge in [0, 0.05) is 30.1 Å². The normalized spacial score (nSPS) is 20.6. The number of hydrogen-bond donors (Lipinski definition) is 3. The second-order valence-electron chi connectivity index (χ2n) is 9.21. The number of carbonyl (C=O) groups excluding carboxylic acids is 1. The van der Waals surface area contributed by atoms with Crippen molar-refractivity contribution in [2.24, 2.45) is 5.41 Å². The van der Waals surface area contributed by atoms with Gasteiger partial charge in [0.1, 0.15) is 11.6 Å². The van der Waals surface area contributed by atoms with Crippen LogP contribution in [0, 0.1) is 24.0 Å². The molecule has 8 nitrogen and oxygen atoms in total. The summed E-state index contributed by atoms with van der Waals surface area (Å²) in [6.45, 7) is 3.56. The molecule has 0 saturated carbocycles. The Hall–Kier alpha value is -2.70. The predicted octanol–water partition coefficient (Wildman–Crippen LogP) is 4.50. The molecule has 1 fully saturated rings. The van der Waals surface area contributed by atoms with Gasteiger partial charge in [-0.15, -0.1) is 11.3 Å². The van der Waals surface area contributed by atoms with Gasteiger partial charge in [0.25, 0.3) is 5.91 Å². The van der Waals surface area contributed by atoms with Gasteiger partial charge in [0.2, 0.25) is 0 Å². The van der Waals surface area contributed by atoms with Crippen molar-refractivity contribution in [1.82, 2.24) is 14.9 Å². The molecule has 1 aliphatic rings. The number of halogens is 3. The Bertz CT molecular complexity index is 1310. The van der Waals surface area contributed by atoms with Gasteiger partial charge in [-0.25, -0.2) is 23.6 Å². The minimum absolute atomic E-state index is 0.0207. The quantitative estimate of drug-likeness (QED) is 0.290. The Kier molecular flexibility index (Phi) is 7.82. The highest BCUT2D eigenvalue weighted by Gasteiger charge is 2.51. The van der Waals surface area contributed by atoms with Crippen LogP contribution in [0.5, 0.6) is 0 Å². The highest BCUT2D eigenvalue weighted by Crippen LogP contribution is 2.43. The molecule has 3 N–H and O–H groups in total. The number of likely N-dealkylation sites (tertiary alicyclic amines) is 1. The van der Waals surface area contributed by atoms with E-state index in [0.29, 0.717) is 10.9 Å². The molecular weight excluding hydrogens is 526 g/mol. The molecule has 4 rings (SSSR count). The Morgan fingerprint density at radius 1 is 1.35 bits per heavy atom. The number of pyridine rings is 1. The summed E-state index contributed by atoms with van der Waals surface area (Å²) in [6, 6.07) is 6.07. The monoisotopic (exact) mass is 552 g/mol. The first kappa shape index (κ1) is 27.3. The fourth-order valence-electron chi connectivity index (χ4n) is 4.87. The number of methoxy groups -OCH3 is 1. The standard InChI is InChI=1S/C25H27ClF2N4O4S/c1-14-11-24(22(33)36-3,9-10-32(14)25(34,35)16-5-4-6-17(26)21(16)28)12-19-18(27)7-8-20(30-19)31-23-29-13-15(2)37-23/h4-8,13-14,34-35H,9-12H2,1-3H3,(H,29,30,31). The molecule has 0 bridgehead atoms. The van der Waals surface area contributed by atoms with E-state index in [1.807, 2.05) is 6.92 Å². The average Bonchev–Trinajstić information content (AvgIpc) is 3.26. The van der Waals surface area contributed by atoms with Crippen LogP contribution in [-0.2, 0) is 21.9 Å². The van der Waals surface area contributed by atoms with Gasteiger partial charge in [0.05, 0.1) is 28.8 Å². The lowest BCUT2D eigenvalue weighted by atomic mass is 9.71. The van der Waals surface area contributed by atoms with Gasteiger partial charge < -0.3 is 20.3 Å². The molecule has 1 saturated heterocycles. The van der Waals surface area contributed by atoms with E-state index in [-0.39, 0.29) is 36.5 Å². The number of carbonyl (C=O) groups is 1. The largest absolute Gasteiger partial charge is 0.469 e. The number of benzene rings is 1. The molecule has 2 unspecified atom stereocenters. The molecule has 2 atom stereocenters. The van der Waals surface area contributed by atoms with Crippen LogP contribution < -0.4 is 5.32 Å². The predicted molar refractivity (Wildman–Crippen MR) is 135 cm³/mol. The summed E-state index contributed by atoms with van der Waals surface area (Å²) < 4.78 is 34.6. The maximum atomic E-state index is 14.9. The molecule has 1 aromatic carbocycles. The smallest absolute Gasteiger partial charge is 0.312 e. The molecule has 0 amide bonds. The van der Waals surface area contributed by atoms with Crippen molar-refractivity contribution in [3.05, 3.63) is 69.3 Å². The van der Waals surface area contributed by atoms with Gasteiger partial charge >= 0.3 is 5.97 Å². The van der Waals surface area contributed by atoms with Crippen molar-refractivity contribution in [2.75, 3.05) is 19.0 Å². The number of ether oxygens (including phenoxy) is 1. The first-order chi connectivity index (χ1) is 17.5. The van der Waals surface area contributed by atoms with E-state index in [2.05, 4.69) is 15.3 Å². The molecular formula is C25H27ClF2N4O4S. The van der Waals surface area contributed by atoms with Gasteiger partial charge in [-0.05, 0) is 51.0 Å². The first-order valence-corrected chi connectivity index (χ1v) is 12.8. The van der Waals surface area contributed by atoms with E-state index in [1.165, 1.54) is 53.7 Å². The van der Waals surface area contributed by atoms with E-state index >= 15 is 0 Å². The fourth-order valence-corrected chi connectivity index (χ4v) is 5.71. The van der Waals surface area contributed by atoms with E-state index in [4.69, 9.17) is 16.3 Å². The lowest BCUT2D eigenvalue weighted by molar-refractivity contribution is -0.296. The lowest BCUT2D eigenvalue weighted by Crippen LogP contribution is -2.58. The van der Waals surface area contributed by atoms with Crippen molar-refractivity contribution in [3.63, 3.8) is 0 Å². The number of hydrogen-bond acceptors (Lipinski definition) is 9. The van der Waals surface area contributed by atoms with E-state index in [1.54, 1.807) is 13.1 Å². The minimum Gasteiger partial charge on any atom is -0.469 e. The molecule has 2 aromatic heterocycles. The Morgan fingerprint density at radius 2 is 2.11 bits per heavy atom. The number of rotatable bonds is 7. The van der Waals surface area contributed by atoms with Crippen molar-refractivity contribution < 1.29 is 28.5 Å². The Labute approximate surface area is 221 Å². The molecule has 0 spiro atoms. The van der Waals surface area contributed by atoms with Crippen LogP contribution in [0.4, 0.5) is 19.7 Å². The van der Waals surface area contributed by atoms with Crippen LogP contribution in [0.15, 0.2) is 36.5 Å².